The van der Waals surface area contributed by atoms with E-state index in [1.54, 1.807) is 0 Å². The molecule has 0 spiro atoms. The van der Waals surface area contributed by atoms with Crippen LogP contribution in [0.2, 0.25) is 0 Å². The summed E-state index contributed by atoms with van der Waals surface area (Å²) in [6.07, 6.45) is 0.999. The number of rotatable bonds is 0. The first kappa shape index (κ1) is 12.5. The normalized spacial score (nSPS) is 12.5. The maximum absolute atomic E-state index is 6.17. The van der Waals surface area contributed by atoms with Crippen molar-refractivity contribution in [3.05, 3.63) is 71.8 Å². The minimum atomic E-state index is 0.644. The lowest BCUT2D eigenvalue weighted by Crippen LogP contribution is -1.95. The van der Waals surface area contributed by atoms with Crippen LogP contribution in [0.3, 0.4) is 0 Å². The molecular weight excluding hydrogens is 280 g/mol. The van der Waals surface area contributed by atoms with Gasteiger partial charge in [0.1, 0.15) is 0 Å². The zero-order valence-corrected chi connectivity index (χ0v) is 12.6. The molecule has 23 heavy (non-hydrogen) atoms. The molecule has 4 aromatic carbocycles. The maximum atomic E-state index is 6.17. The van der Waals surface area contributed by atoms with E-state index < -0.39 is 0 Å². The van der Waals surface area contributed by atoms with E-state index in [0.29, 0.717) is 11.4 Å². The summed E-state index contributed by atoms with van der Waals surface area (Å²) in [7, 11) is 0. The molecule has 1 aliphatic rings. The third kappa shape index (κ3) is 1.58. The standard InChI is InChI=1S/C21H16N2/c22-20-10-9-16-15-6-5-14-13-4-2-1-3-12(13)11-19(14)17(15)7-8-18(16)21(20)23/h1-10H,11,22-23H2. The number of hydrogen-bond acceptors (Lipinski definition) is 2. The second kappa shape index (κ2) is 4.26. The van der Waals surface area contributed by atoms with Crippen LogP contribution in [0.4, 0.5) is 11.4 Å². The van der Waals surface area contributed by atoms with Gasteiger partial charge in [-0.15, -0.1) is 0 Å². The largest absolute Gasteiger partial charge is 0.397 e. The van der Waals surface area contributed by atoms with E-state index in [2.05, 4.69) is 54.6 Å². The number of nitrogen functional groups attached to an aromatic ring is 2. The highest BCUT2D eigenvalue weighted by Crippen LogP contribution is 2.42. The molecule has 0 atom stereocenters. The molecule has 0 saturated heterocycles. The molecular formula is C21H16N2. The molecule has 4 N–H and O–H groups in total. The van der Waals surface area contributed by atoms with Crippen molar-refractivity contribution < 1.29 is 0 Å². The fourth-order valence-electron chi connectivity index (χ4n) is 3.89. The highest BCUT2D eigenvalue weighted by atomic mass is 14.7. The third-order valence-corrected chi connectivity index (χ3v) is 5.06. The van der Waals surface area contributed by atoms with Crippen molar-refractivity contribution in [1.29, 1.82) is 0 Å². The molecule has 0 aliphatic heterocycles. The molecule has 4 aromatic rings. The topological polar surface area (TPSA) is 52.0 Å². The third-order valence-electron chi connectivity index (χ3n) is 5.06. The smallest absolute Gasteiger partial charge is 0.0627 e. The predicted molar refractivity (Wildman–Crippen MR) is 98.5 cm³/mol. The zero-order valence-electron chi connectivity index (χ0n) is 12.6. The summed E-state index contributed by atoms with van der Waals surface area (Å²) in [6.45, 7) is 0. The average Bonchev–Trinajstić information content (AvgIpc) is 2.96. The second-order valence-electron chi connectivity index (χ2n) is 6.25. The Balaban J connectivity index is 1.89. The zero-order chi connectivity index (χ0) is 15.6. The molecule has 5 rings (SSSR count). The molecule has 2 heteroatoms. The van der Waals surface area contributed by atoms with Gasteiger partial charge in [-0.1, -0.05) is 54.6 Å². The minimum Gasteiger partial charge on any atom is -0.397 e. The Hall–Kier alpha value is -3.00. The number of fused-ring (bicyclic) bond motifs is 7. The van der Waals surface area contributed by atoms with Crippen LogP contribution in [0, 0.1) is 0 Å². The van der Waals surface area contributed by atoms with E-state index in [0.717, 1.165) is 11.8 Å². The van der Waals surface area contributed by atoms with Crippen LogP contribution < -0.4 is 11.5 Å². The van der Waals surface area contributed by atoms with Crippen LogP contribution in [0.15, 0.2) is 60.7 Å². The van der Waals surface area contributed by atoms with Gasteiger partial charge in [0.25, 0.3) is 0 Å². The van der Waals surface area contributed by atoms with E-state index in [4.69, 9.17) is 11.5 Å². The van der Waals surface area contributed by atoms with Crippen molar-refractivity contribution in [3.63, 3.8) is 0 Å². The van der Waals surface area contributed by atoms with Crippen molar-refractivity contribution in [3.8, 4) is 11.1 Å². The van der Waals surface area contributed by atoms with Crippen molar-refractivity contribution in [2.75, 3.05) is 11.5 Å². The number of nitrogens with two attached hydrogens (primary N) is 2. The maximum Gasteiger partial charge on any atom is 0.0627 e. The van der Waals surface area contributed by atoms with E-state index in [-0.39, 0.29) is 0 Å². The molecule has 0 amide bonds. The summed E-state index contributed by atoms with van der Waals surface area (Å²) in [5.74, 6) is 0. The lowest BCUT2D eigenvalue weighted by atomic mass is 9.94. The van der Waals surface area contributed by atoms with Crippen LogP contribution in [0.5, 0.6) is 0 Å². The summed E-state index contributed by atoms with van der Waals surface area (Å²) >= 11 is 0. The van der Waals surface area contributed by atoms with Gasteiger partial charge in [0, 0.05) is 5.39 Å². The molecule has 0 fully saturated rings. The number of anilines is 2. The van der Waals surface area contributed by atoms with Gasteiger partial charge in [-0.05, 0) is 50.9 Å². The Morgan fingerprint density at radius 3 is 2.22 bits per heavy atom. The van der Waals surface area contributed by atoms with Crippen molar-refractivity contribution in [2.24, 2.45) is 0 Å². The molecule has 2 nitrogen and oxygen atoms in total. The second-order valence-corrected chi connectivity index (χ2v) is 6.25. The fraction of sp³-hybridized carbons (Fsp3) is 0.0476. The Morgan fingerprint density at radius 2 is 1.30 bits per heavy atom. The highest BCUT2D eigenvalue weighted by Gasteiger charge is 2.20. The van der Waals surface area contributed by atoms with Crippen LogP contribution in [0.25, 0.3) is 32.7 Å². The first-order chi connectivity index (χ1) is 11.2. The van der Waals surface area contributed by atoms with E-state index in [1.807, 2.05) is 6.07 Å². The molecule has 1 aliphatic carbocycles. The Morgan fingerprint density at radius 1 is 0.609 bits per heavy atom. The molecule has 110 valence electrons. The molecule has 0 heterocycles. The Labute approximate surface area is 134 Å². The summed E-state index contributed by atoms with van der Waals surface area (Å²) < 4.78 is 0. The fourth-order valence-corrected chi connectivity index (χ4v) is 3.89. The van der Waals surface area contributed by atoms with Gasteiger partial charge in [0.05, 0.1) is 11.4 Å². The minimum absolute atomic E-state index is 0.644. The van der Waals surface area contributed by atoms with E-state index in [9.17, 15) is 0 Å². The molecule has 0 unspecified atom stereocenters. The van der Waals surface area contributed by atoms with Crippen molar-refractivity contribution >= 4 is 32.9 Å². The van der Waals surface area contributed by atoms with Gasteiger partial charge in [-0.2, -0.15) is 0 Å². The SMILES string of the molecule is Nc1ccc2c(ccc3c4c(ccc32)-c2ccccc2C4)c1N. The van der Waals surface area contributed by atoms with Gasteiger partial charge < -0.3 is 11.5 Å². The lowest BCUT2D eigenvalue weighted by Gasteiger charge is -2.11. The number of hydrogen-bond donors (Lipinski definition) is 2. The summed E-state index contributed by atoms with van der Waals surface area (Å²) in [4.78, 5) is 0. The van der Waals surface area contributed by atoms with Crippen LogP contribution in [0.1, 0.15) is 11.1 Å². The quantitative estimate of drug-likeness (QED) is 0.320. The monoisotopic (exact) mass is 296 g/mol. The summed E-state index contributed by atoms with van der Waals surface area (Å²) in [5, 5.41) is 4.78. The van der Waals surface area contributed by atoms with E-state index in [1.165, 1.54) is 38.4 Å². The first-order valence-electron chi connectivity index (χ1n) is 7.84. The predicted octanol–water partition coefficient (Wildman–Crippen LogP) is 4.73. The Bertz CT molecular complexity index is 1110. The van der Waals surface area contributed by atoms with Gasteiger partial charge in [-0.3, -0.25) is 0 Å². The van der Waals surface area contributed by atoms with Gasteiger partial charge in [0.2, 0.25) is 0 Å². The number of benzene rings is 4. The molecule has 0 bridgehead atoms. The summed E-state index contributed by atoms with van der Waals surface area (Å²) in [6, 6.07) is 21.4. The van der Waals surface area contributed by atoms with Gasteiger partial charge in [0.15, 0.2) is 0 Å². The van der Waals surface area contributed by atoms with Crippen LogP contribution in [-0.2, 0) is 6.42 Å². The van der Waals surface area contributed by atoms with Crippen LogP contribution >= 0.6 is 0 Å². The molecule has 0 aromatic heterocycles. The van der Waals surface area contributed by atoms with Gasteiger partial charge >= 0.3 is 0 Å². The lowest BCUT2D eigenvalue weighted by molar-refractivity contribution is 1.28. The first-order valence-corrected chi connectivity index (χ1v) is 7.84. The van der Waals surface area contributed by atoms with Crippen molar-refractivity contribution in [2.45, 2.75) is 6.42 Å². The Kier molecular flexibility index (Phi) is 2.32. The molecule has 0 radical (unpaired) electrons. The van der Waals surface area contributed by atoms with Gasteiger partial charge in [-0.25, -0.2) is 0 Å². The molecule has 0 saturated carbocycles. The summed E-state index contributed by atoms with van der Waals surface area (Å²) in [5.41, 5.74) is 19.0. The average molecular weight is 296 g/mol. The van der Waals surface area contributed by atoms with Crippen molar-refractivity contribution in [1.82, 2.24) is 0 Å². The highest BCUT2D eigenvalue weighted by molar-refractivity contribution is 6.15. The van der Waals surface area contributed by atoms with Crippen LogP contribution in [-0.4, -0.2) is 0 Å². The van der Waals surface area contributed by atoms with E-state index >= 15 is 0 Å².